The van der Waals surface area contributed by atoms with Crippen molar-refractivity contribution in [3.05, 3.63) is 54.1 Å². The average molecular weight is 531 g/mol. The molecule has 2 atom stereocenters. The normalized spacial score (nSPS) is 20.6. The number of likely N-dealkylation sites (tertiary alicyclic amines) is 2. The molecule has 2 amide bonds. The molecule has 2 aliphatic rings. The van der Waals surface area contributed by atoms with Crippen LogP contribution in [0.2, 0.25) is 0 Å². The number of ether oxygens (including phenoxy) is 1. The molecule has 39 heavy (non-hydrogen) atoms. The van der Waals surface area contributed by atoms with E-state index in [-0.39, 0.29) is 17.9 Å². The summed E-state index contributed by atoms with van der Waals surface area (Å²) in [5.41, 5.74) is 4.09. The van der Waals surface area contributed by atoms with Gasteiger partial charge in [0.2, 0.25) is 5.91 Å². The average Bonchev–Trinajstić information content (AvgIpc) is 3.08. The first-order chi connectivity index (χ1) is 18.7. The summed E-state index contributed by atoms with van der Waals surface area (Å²) in [7, 11) is 2.08. The fraction of sp³-hybridized carbons (Fsp3) is 0.531. The van der Waals surface area contributed by atoms with Gasteiger partial charge >= 0.3 is 6.09 Å². The molecule has 7 nitrogen and oxygen atoms in total. The fourth-order valence-electron chi connectivity index (χ4n) is 6.09. The van der Waals surface area contributed by atoms with Gasteiger partial charge < -0.3 is 19.1 Å². The third kappa shape index (κ3) is 6.45. The molecule has 2 aliphatic heterocycles. The molecule has 0 N–H and O–H groups in total. The highest BCUT2D eigenvalue weighted by atomic mass is 16.6. The standard InChI is InChI=1S/C32H42N4O3/c1-32(2,3)39-31(38)36-18-9-13-26(22-36)30(37)35-17-8-11-23(16-19-35)20-24-10-7-12-25(21-24)29-33-27-14-5-6-15-28(27)34(29)4/h5-7,10,12,14-15,21,23,26H,8-9,11,13,16-20,22H2,1-4H3/t23?,26-/m0/s1. The number of rotatable bonds is 4. The highest BCUT2D eigenvalue weighted by molar-refractivity contribution is 5.81. The summed E-state index contributed by atoms with van der Waals surface area (Å²) < 4.78 is 7.72. The Morgan fingerprint density at radius 3 is 2.51 bits per heavy atom. The highest BCUT2D eigenvalue weighted by Crippen LogP contribution is 2.28. The zero-order valence-corrected chi connectivity index (χ0v) is 23.9. The van der Waals surface area contributed by atoms with Gasteiger partial charge in [0, 0.05) is 38.8 Å². The molecule has 2 fully saturated rings. The van der Waals surface area contributed by atoms with Crippen LogP contribution in [0.15, 0.2) is 48.5 Å². The van der Waals surface area contributed by atoms with E-state index in [1.54, 1.807) is 4.90 Å². The first-order valence-corrected chi connectivity index (χ1v) is 14.5. The third-order valence-corrected chi connectivity index (χ3v) is 8.08. The van der Waals surface area contributed by atoms with Crippen molar-refractivity contribution >= 4 is 23.0 Å². The van der Waals surface area contributed by atoms with Gasteiger partial charge in [0.15, 0.2) is 0 Å². The summed E-state index contributed by atoms with van der Waals surface area (Å²) in [5, 5.41) is 0. The van der Waals surface area contributed by atoms with Crippen molar-refractivity contribution in [3.8, 4) is 11.4 Å². The first-order valence-electron chi connectivity index (χ1n) is 14.5. The minimum absolute atomic E-state index is 0.132. The Labute approximate surface area is 232 Å². The number of amides is 2. The summed E-state index contributed by atoms with van der Waals surface area (Å²) in [4.78, 5) is 34.7. The van der Waals surface area contributed by atoms with Crippen LogP contribution in [0, 0.1) is 11.8 Å². The summed E-state index contributed by atoms with van der Waals surface area (Å²) in [6.07, 6.45) is 5.52. The number of para-hydroxylation sites is 2. The Morgan fingerprint density at radius 2 is 1.72 bits per heavy atom. The number of piperidine rings is 1. The smallest absolute Gasteiger partial charge is 0.410 e. The van der Waals surface area contributed by atoms with Crippen molar-refractivity contribution in [2.75, 3.05) is 26.2 Å². The third-order valence-electron chi connectivity index (χ3n) is 8.08. The molecule has 1 aromatic heterocycles. The number of hydrogen-bond acceptors (Lipinski definition) is 4. The van der Waals surface area contributed by atoms with Gasteiger partial charge in [-0.2, -0.15) is 0 Å². The van der Waals surface area contributed by atoms with E-state index < -0.39 is 5.60 Å². The van der Waals surface area contributed by atoms with Crippen molar-refractivity contribution in [3.63, 3.8) is 0 Å². The number of fused-ring (bicyclic) bond motifs is 1. The predicted octanol–water partition coefficient (Wildman–Crippen LogP) is 6.06. The number of nitrogens with zero attached hydrogens (tertiary/aromatic N) is 4. The SMILES string of the molecule is Cn1c(-c2cccc(CC3CCCN(C(=O)[C@H]4CCCN(C(=O)OC(C)(C)C)C4)CC3)c2)nc2ccccc21. The molecule has 3 aromatic rings. The van der Waals surface area contributed by atoms with Crippen molar-refractivity contribution in [1.29, 1.82) is 0 Å². The molecule has 1 unspecified atom stereocenters. The van der Waals surface area contributed by atoms with E-state index in [1.165, 1.54) is 5.56 Å². The van der Waals surface area contributed by atoms with Crippen LogP contribution in [0.1, 0.15) is 58.4 Å². The van der Waals surface area contributed by atoms with Crippen molar-refractivity contribution in [1.82, 2.24) is 19.4 Å². The second-order valence-electron chi connectivity index (χ2n) is 12.3. The van der Waals surface area contributed by atoms with E-state index in [2.05, 4.69) is 59.0 Å². The molecule has 0 saturated carbocycles. The van der Waals surface area contributed by atoms with Gasteiger partial charge in [-0.3, -0.25) is 4.79 Å². The van der Waals surface area contributed by atoms with Crippen LogP contribution in [-0.4, -0.2) is 63.1 Å². The van der Waals surface area contributed by atoms with E-state index in [0.717, 1.165) is 74.0 Å². The van der Waals surface area contributed by atoms with Crippen LogP contribution in [0.3, 0.4) is 0 Å². The monoisotopic (exact) mass is 530 g/mol. The molecule has 0 bridgehead atoms. The number of carbonyl (C=O) groups is 2. The maximum atomic E-state index is 13.5. The lowest BCUT2D eigenvalue weighted by molar-refractivity contribution is -0.137. The lowest BCUT2D eigenvalue weighted by Crippen LogP contribution is -2.48. The molecule has 3 heterocycles. The zero-order valence-electron chi connectivity index (χ0n) is 23.9. The molecular weight excluding hydrogens is 488 g/mol. The number of imidazole rings is 1. The molecule has 0 radical (unpaired) electrons. The van der Waals surface area contributed by atoms with Crippen LogP contribution >= 0.6 is 0 Å². The Hall–Kier alpha value is -3.35. The summed E-state index contributed by atoms with van der Waals surface area (Å²) >= 11 is 0. The molecule has 5 rings (SSSR count). The van der Waals surface area contributed by atoms with Gasteiger partial charge in [-0.05, 0) is 89.0 Å². The van der Waals surface area contributed by atoms with Gasteiger partial charge in [0.05, 0.1) is 17.0 Å². The molecular formula is C32H42N4O3. The minimum Gasteiger partial charge on any atom is -0.444 e. The Bertz CT molecular complexity index is 1320. The van der Waals surface area contributed by atoms with Crippen molar-refractivity contribution < 1.29 is 14.3 Å². The molecule has 0 aliphatic carbocycles. The highest BCUT2D eigenvalue weighted by Gasteiger charge is 2.34. The number of aryl methyl sites for hydroxylation is 1. The topological polar surface area (TPSA) is 67.7 Å². The lowest BCUT2D eigenvalue weighted by atomic mass is 9.92. The number of aromatic nitrogens is 2. The quantitative estimate of drug-likeness (QED) is 0.411. The van der Waals surface area contributed by atoms with E-state index >= 15 is 0 Å². The number of carbonyl (C=O) groups excluding carboxylic acids is 2. The summed E-state index contributed by atoms with van der Waals surface area (Å²) in [5.74, 6) is 1.60. The molecule has 0 spiro atoms. The van der Waals surface area contributed by atoms with E-state index in [9.17, 15) is 9.59 Å². The van der Waals surface area contributed by atoms with Gasteiger partial charge in [0.25, 0.3) is 0 Å². The van der Waals surface area contributed by atoms with Crippen molar-refractivity contribution in [2.45, 2.75) is 64.9 Å². The van der Waals surface area contributed by atoms with Gasteiger partial charge in [-0.15, -0.1) is 0 Å². The maximum Gasteiger partial charge on any atom is 0.410 e. The van der Waals surface area contributed by atoms with E-state index in [1.807, 2.05) is 26.8 Å². The summed E-state index contributed by atoms with van der Waals surface area (Å²) in [6, 6.07) is 17.0. The van der Waals surface area contributed by atoms with E-state index in [4.69, 9.17) is 9.72 Å². The Morgan fingerprint density at radius 1 is 0.949 bits per heavy atom. The second kappa shape index (κ2) is 11.4. The van der Waals surface area contributed by atoms with Crippen LogP contribution in [0.4, 0.5) is 4.79 Å². The van der Waals surface area contributed by atoms with Gasteiger partial charge in [-0.25, -0.2) is 9.78 Å². The largest absolute Gasteiger partial charge is 0.444 e. The van der Waals surface area contributed by atoms with Gasteiger partial charge in [0.1, 0.15) is 11.4 Å². The Balaban J connectivity index is 1.19. The number of benzene rings is 2. The minimum atomic E-state index is -0.529. The second-order valence-corrected chi connectivity index (χ2v) is 12.3. The molecule has 2 aromatic carbocycles. The lowest BCUT2D eigenvalue weighted by Gasteiger charge is -2.35. The van der Waals surface area contributed by atoms with Crippen LogP contribution in [0.5, 0.6) is 0 Å². The van der Waals surface area contributed by atoms with Crippen LogP contribution in [0.25, 0.3) is 22.4 Å². The summed E-state index contributed by atoms with van der Waals surface area (Å²) in [6.45, 7) is 8.34. The number of hydrogen-bond donors (Lipinski definition) is 0. The Kier molecular flexibility index (Phi) is 7.96. The predicted molar refractivity (Wildman–Crippen MR) is 154 cm³/mol. The molecule has 7 heteroatoms. The molecule has 208 valence electrons. The van der Waals surface area contributed by atoms with E-state index in [0.29, 0.717) is 19.0 Å². The first kappa shape index (κ1) is 27.2. The van der Waals surface area contributed by atoms with Crippen molar-refractivity contribution in [2.24, 2.45) is 18.9 Å². The van der Waals surface area contributed by atoms with Crippen LogP contribution < -0.4 is 0 Å². The van der Waals surface area contributed by atoms with Gasteiger partial charge in [-0.1, -0.05) is 30.3 Å². The fourth-order valence-corrected chi connectivity index (χ4v) is 6.09. The molecule has 2 saturated heterocycles. The maximum absolute atomic E-state index is 13.5. The van der Waals surface area contributed by atoms with Crippen LogP contribution in [-0.2, 0) is 23.0 Å². The zero-order chi connectivity index (χ0) is 27.6.